The Kier molecular flexibility index (Phi) is 9.54. The van der Waals surface area contributed by atoms with Crippen LogP contribution in [0.15, 0.2) is 64.0 Å². The Morgan fingerprint density at radius 2 is 1.87 bits per heavy atom. The van der Waals surface area contributed by atoms with Crippen molar-refractivity contribution in [3.8, 4) is 23.0 Å². The van der Waals surface area contributed by atoms with Crippen LogP contribution in [0.1, 0.15) is 29.1 Å². The van der Waals surface area contributed by atoms with Crippen molar-refractivity contribution in [3.63, 3.8) is 0 Å². The molecule has 0 fully saturated rings. The Morgan fingerprint density at radius 3 is 2.58 bits per heavy atom. The molecule has 0 unspecified atom stereocenters. The Morgan fingerprint density at radius 1 is 1.09 bits per heavy atom. The lowest BCUT2D eigenvalue weighted by molar-refractivity contribution is -0.129. The summed E-state index contributed by atoms with van der Waals surface area (Å²) in [6, 6.07) is 14.9. The molecule has 4 aromatic rings. The first kappa shape index (κ1) is 31.7. The van der Waals surface area contributed by atoms with E-state index in [9.17, 15) is 18.0 Å². The normalized spacial score (nSPS) is 17.0. The van der Waals surface area contributed by atoms with Crippen molar-refractivity contribution < 1.29 is 31.9 Å². The molecule has 0 saturated carbocycles. The highest BCUT2D eigenvalue weighted by molar-refractivity contribution is 7.89. The van der Waals surface area contributed by atoms with Crippen LogP contribution >= 0.6 is 0 Å². The molecule has 0 saturated heterocycles. The molecule has 2 N–H and O–H groups in total. The number of nitrogens with zero attached hydrogens (tertiary/aromatic N) is 4. The molecular formula is C31H36N6O7S. The fourth-order valence-electron chi connectivity index (χ4n) is 5.06. The van der Waals surface area contributed by atoms with Gasteiger partial charge in [-0.1, -0.05) is 30.3 Å². The molecule has 1 aliphatic rings. The maximum absolute atomic E-state index is 13.8. The summed E-state index contributed by atoms with van der Waals surface area (Å²) in [5.41, 5.74) is 2.50. The molecule has 1 aliphatic heterocycles. The van der Waals surface area contributed by atoms with Gasteiger partial charge in [-0.05, 0) is 50.1 Å². The van der Waals surface area contributed by atoms with E-state index < -0.39 is 34.4 Å². The SMILES string of the molecule is COc1ccc2cc1OCCCN(S(=O)(=O)c1cc(C)nn1C)CC(=O)N[C@H](Cc1ccccc1)C(=O)NCc1nc-2oc1C. The number of aromatic nitrogens is 3. The second-order valence-corrected chi connectivity index (χ2v) is 12.6. The minimum absolute atomic E-state index is 0.0418. The molecule has 2 amide bonds. The number of amides is 2. The third-order valence-corrected chi connectivity index (χ3v) is 9.26. The standard InChI is InChI=1S/C31H36N6O7S/c1-20-15-29(36(3)35-20)45(40,41)37-13-8-14-43-27-17-23(11-12-26(27)42-4)31-34-25(21(2)44-31)18-32-30(39)24(33-28(38)19-37)16-22-9-6-5-7-10-22/h5-7,9-12,15,17,24H,8,13-14,16,18-19H2,1-4H3,(H,32,39)(H,33,38)/t24-/m1/s1. The Bertz CT molecular complexity index is 1780. The van der Waals surface area contributed by atoms with Crippen LogP contribution in [-0.2, 0) is 39.6 Å². The number of nitrogens with one attached hydrogen (secondary N) is 2. The van der Waals surface area contributed by atoms with Gasteiger partial charge in [0.05, 0.1) is 32.5 Å². The summed E-state index contributed by atoms with van der Waals surface area (Å²) in [6.45, 7) is 3.05. The highest BCUT2D eigenvalue weighted by atomic mass is 32.2. The quantitative estimate of drug-likeness (QED) is 0.336. The van der Waals surface area contributed by atoms with Gasteiger partial charge >= 0.3 is 0 Å². The zero-order valence-electron chi connectivity index (χ0n) is 25.6. The molecule has 0 spiro atoms. The molecule has 13 nitrogen and oxygen atoms in total. The Labute approximate surface area is 261 Å². The van der Waals surface area contributed by atoms with E-state index in [1.165, 1.54) is 24.9 Å². The summed E-state index contributed by atoms with van der Waals surface area (Å²) in [5.74, 6) is 0.668. The average Bonchev–Trinajstić information content (AvgIpc) is 3.57. The van der Waals surface area contributed by atoms with Crippen molar-refractivity contribution in [2.75, 3.05) is 26.8 Å². The van der Waals surface area contributed by atoms with Crippen LogP contribution in [0, 0.1) is 13.8 Å². The molecule has 238 valence electrons. The molecule has 2 aromatic heterocycles. The van der Waals surface area contributed by atoms with Crippen LogP contribution in [0.3, 0.4) is 0 Å². The van der Waals surface area contributed by atoms with E-state index in [2.05, 4.69) is 20.7 Å². The maximum Gasteiger partial charge on any atom is 0.260 e. The summed E-state index contributed by atoms with van der Waals surface area (Å²) in [6.07, 6.45) is 0.435. The first-order chi connectivity index (χ1) is 21.5. The summed E-state index contributed by atoms with van der Waals surface area (Å²) in [4.78, 5) is 31.5. The van der Waals surface area contributed by atoms with Crippen molar-refractivity contribution in [2.24, 2.45) is 7.05 Å². The lowest BCUT2D eigenvalue weighted by Crippen LogP contribution is -2.51. The largest absolute Gasteiger partial charge is 0.493 e. The summed E-state index contributed by atoms with van der Waals surface area (Å²) in [7, 11) is -1.10. The van der Waals surface area contributed by atoms with Crippen LogP contribution in [0.25, 0.3) is 11.5 Å². The fraction of sp³-hybridized carbons (Fsp3) is 0.355. The lowest BCUT2D eigenvalue weighted by Gasteiger charge is -2.24. The van der Waals surface area contributed by atoms with Gasteiger partial charge in [0.15, 0.2) is 16.5 Å². The molecule has 0 radical (unpaired) electrons. The first-order valence-corrected chi connectivity index (χ1v) is 15.9. The third kappa shape index (κ3) is 7.35. The maximum atomic E-state index is 13.8. The van der Waals surface area contributed by atoms with Crippen molar-refractivity contribution in [1.29, 1.82) is 0 Å². The van der Waals surface area contributed by atoms with Crippen LogP contribution < -0.4 is 20.1 Å². The number of oxazole rings is 1. The number of ether oxygens (including phenoxy) is 2. The number of hydrogen-bond donors (Lipinski definition) is 2. The van der Waals surface area contributed by atoms with Crippen LogP contribution in [0.4, 0.5) is 0 Å². The van der Waals surface area contributed by atoms with Crippen LogP contribution in [0.2, 0.25) is 0 Å². The van der Waals surface area contributed by atoms with Crippen molar-refractivity contribution in [1.82, 2.24) is 29.7 Å². The van der Waals surface area contributed by atoms with E-state index in [1.807, 2.05) is 30.3 Å². The number of fused-ring (bicyclic) bond motifs is 5. The van der Waals surface area contributed by atoms with E-state index in [0.29, 0.717) is 40.1 Å². The van der Waals surface area contributed by atoms with Gasteiger partial charge in [-0.2, -0.15) is 9.40 Å². The van der Waals surface area contributed by atoms with E-state index in [-0.39, 0.29) is 37.6 Å². The minimum atomic E-state index is -4.15. The highest BCUT2D eigenvalue weighted by Crippen LogP contribution is 2.33. The Balaban J connectivity index is 1.49. The molecule has 14 heteroatoms. The van der Waals surface area contributed by atoms with E-state index in [1.54, 1.807) is 32.0 Å². The molecule has 3 heterocycles. The van der Waals surface area contributed by atoms with Crippen LogP contribution in [0.5, 0.6) is 11.5 Å². The molecule has 2 aromatic carbocycles. The smallest absolute Gasteiger partial charge is 0.260 e. The first-order valence-electron chi connectivity index (χ1n) is 14.4. The number of rotatable bonds is 5. The number of hydrogen-bond acceptors (Lipinski definition) is 9. The summed E-state index contributed by atoms with van der Waals surface area (Å²) < 4.78 is 47.3. The topological polar surface area (TPSA) is 158 Å². The number of benzene rings is 2. The fourth-order valence-corrected chi connectivity index (χ4v) is 6.67. The molecular weight excluding hydrogens is 600 g/mol. The van der Waals surface area contributed by atoms with E-state index in [4.69, 9.17) is 13.9 Å². The molecule has 0 aliphatic carbocycles. The number of carbonyl (C=O) groups is 2. The van der Waals surface area contributed by atoms with Gasteiger partial charge in [-0.3, -0.25) is 14.3 Å². The van der Waals surface area contributed by atoms with Crippen molar-refractivity contribution in [3.05, 3.63) is 77.3 Å². The Hall–Kier alpha value is -4.69. The third-order valence-electron chi connectivity index (χ3n) is 7.36. The number of methoxy groups -OCH3 is 1. The minimum Gasteiger partial charge on any atom is -0.493 e. The molecule has 1 atom stereocenters. The number of aryl methyl sites for hydroxylation is 3. The number of carbonyl (C=O) groups excluding carboxylic acids is 2. The van der Waals surface area contributed by atoms with Gasteiger partial charge in [0, 0.05) is 25.6 Å². The van der Waals surface area contributed by atoms with E-state index >= 15 is 0 Å². The average molecular weight is 637 g/mol. The van der Waals surface area contributed by atoms with Gasteiger partial charge in [0.2, 0.25) is 17.7 Å². The van der Waals surface area contributed by atoms with Crippen molar-refractivity contribution >= 4 is 21.8 Å². The second-order valence-electron chi connectivity index (χ2n) is 10.7. The monoisotopic (exact) mass is 636 g/mol. The summed E-state index contributed by atoms with van der Waals surface area (Å²) >= 11 is 0. The zero-order chi connectivity index (χ0) is 32.1. The van der Waals surface area contributed by atoms with Gasteiger partial charge in [-0.15, -0.1) is 0 Å². The predicted molar refractivity (Wildman–Crippen MR) is 164 cm³/mol. The van der Waals surface area contributed by atoms with Crippen LogP contribution in [-0.4, -0.2) is 72.1 Å². The number of sulfonamides is 1. The molecule has 5 rings (SSSR count). The highest BCUT2D eigenvalue weighted by Gasteiger charge is 2.31. The van der Waals surface area contributed by atoms with Gasteiger partial charge in [0.25, 0.3) is 10.0 Å². The zero-order valence-corrected chi connectivity index (χ0v) is 26.4. The molecule has 45 heavy (non-hydrogen) atoms. The van der Waals surface area contributed by atoms with Crippen molar-refractivity contribution in [2.45, 2.75) is 44.3 Å². The predicted octanol–water partition coefficient (Wildman–Crippen LogP) is 2.52. The van der Waals surface area contributed by atoms with E-state index in [0.717, 1.165) is 9.87 Å². The molecule has 4 bridgehead atoms. The van der Waals surface area contributed by atoms with Gasteiger partial charge < -0.3 is 24.5 Å². The summed E-state index contributed by atoms with van der Waals surface area (Å²) in [5, 5.41) is 9.73. The second kappa shape index (κ2) is 13.5. The van der Waals surface area contributed by atoms with Gasteiger partial charge in [0.1, 0.15) is 17.5 Å². The van der Waals surface area contributed by atoms with Gasteiger partial charge in [-0.25, -0.2) is 13.4 Å². The lowest BCUT2D eigenvalue weighted by atomic mass is 10.1.